The zero-order valence-electron chi connectivity index (χ0n) is 15.1. The molecule has 27 heavy (non-hydrogen) atoms. The Morgan fingerprint density at radius 1 is 0.963 bits per heavy atom. The Morgan fingerprint density at radius 2 is 1.67 bits per heavy atom. The van der Waals surface area contributed by atoms with Gasteiger partial charge in [0.05, 0.1) is 12.2 Å². The van der Waals surface area contributed by atoms with Crippen LogP contribution >= 0.6 is 0 Å². The van der Waals surface area contributed by atoms with Crippen LogP contribution in [0.2, 0.25) is 0 Å². The molecule has 1 aromatic heterocycles. The first-order valence-corrected chi connectivity index (χ1v) is 8.97. The highest BCUT2D eigenvalue weighted by atomic mass is 16.5. The van der Waals surface area contributed by atoms with E-state index in [-0.39, 0.29) is 17.4 Å². The maximum atomic E-state index is 13.3. The molecular weight excluding hydrogens is 342 g/mol. The Labute approximate surface area is 155 Å². The van der Waals surface area contributed by atoms with Crippen LogP contribution in [0.25, 0.3) is 5.69 Å². The lowest BCUT2D eigenvalue weighted by Gasteiger charge is -2.42. The average molecular weight is 361 g/mol. The molecule has 0 fully saturated rings. The maximum absolute atomic E-state index is 13.3. The Morgan fingerprint density at radius 3 is 2.44 bits per heavy atom. The van der Waals surface area contributed by atoms with Crippen LogP contribution in [0.3, 0.4) is 0 Å². The van der Waals surface area contributed by atoms with Gasteiger partial charge in [-0.1, -0.05) is 42.5 Å². The Hall–Kier alpha value is -3.28. The number of rotatable bonds is 1. The van der Waals surface area contributed by atoms with E-state index in [2.05, 4.69) is 0 Å². The number of allylic oxidation sites excluding steroid dienone is 1. The summed E-state index contributed by atoms with van der Waals surface area (Å²) in [5, 5.41) is 0. The summed E-state index contributed by atoms with van der Waals surface area (Å²) in [5.41, 5.74) is 1.23. The van der Waals surface area contributed by atoms with Gasteiger partial charge in [0.15, 0.2) is 0 Å². The Bertz CT molecular complexity index is 1200. The molecule has 1 atom stereocenters. The zero-order valence-corrected chi connectivity index (χ0v) is 15.1. The van der Waals surface area contributed by atoms with E-state index in [0.29, 0.717) is 12.2 Å². The standard InChI is InChI=1S/C21H19N3O3/c1-21(2)16-12-13-22-19(25)23(14-8-4-3-5-9-14)20(26)24(22)18(16)15-10-6-7-11-17(15)27-21/h3-12,18H,13H2,1-2H3. The third-order valence-corrected chi connectivity index (χ3v) is 5.37. The number of nitrogens with zero attached hydrogens (tertiary/aromatic N) is 3. The van der Waals surface area contributed by atoms with Crippen LogP contribution in [0, 0.1) is 0 Å². The SMILES string of the molecule is CC1(C)Oc2ccccc2C2C1=CCn1c(=O)n(-c3ccccc3)c(=O)n12. The summed E-state index contributed by atoms with van der Waals surface area (Å²) in [6.07, 6.45) is 2.01. The van der Waals surface area contributed by atoms with Gasteiger partial charge in [-0.15, -0.1) is 0 Å². The Balaban J connectivity index is 1.82. The molecule has 0 bridgehead atoms. The number of benzene rings is 2. The molecule has 1 unspecified atom stereocenters. The van der Waals surface area contributed by atoms with E-state index in [4.69, 9.17) is 4.74 Å². The minimum Gasteiger partial charge on any atom is -0.483 e. The molecular formula is C21H19N3O3. The molecule has 6 heteroatoms. The summed E-state index contributed by atoms with van der Waals surface area (Å²) in [6.45, 7) is 4.33. The van der Waals surface area contributed by atoms with E-state index in [1.165, 1.54) is 9.25 Å². The first-order valence-electron chi connectivity index (χ1n) is 8.97. The van der Waals surface area contributed by atoms with Crippen molar-refractivity contribution in [3.05, 3.63) is 92.8 Å². The molecule has 0 radical (unpaired) electrons. The van der Waals surface area contributed by atoms with Crippen LogP contribution in [-0.2, 0) is 6.54 Å². The summed E-state index contributed by atoms with van der Waals surface area (Å²) < 4.78 is 10.5. The van der Waals surface area contributed by atoms with Crippen molar-refractivity contribution in [3.63, 3.8) is 0 Å². The number of para-hydroxylation sites is 2. The lowest BCUT2D eigenvalue weighted by Crippen LogP contribution is -2.46. The van der Waals surface area contributed by atoms with E-state index in [0.717, 1.165) is 16.9 Å². The highest BCUT2D eigenvalue weighted by Crippen LogP contribution is 2.45. The minimum absolute atomic E-state index is 0.330. The van der Waals surface area contributed by atoms with Crippen LogP contribution in [0.5, 0.6) is 5.75 Å². The third-order valence-electron chi connectivity index (χ3n) is 5.37. The summed E-state index contributed by atoms with van der Waals surface area (Å²) in [7, 11) is 0. The van der Waals surface area contributed by atoms with E-state index < -0.39 is 5.60 Å². The number of hydrogen-bond donors (Lipinski definition) is 0. The largest absolute Gasteiger partial charge is 0.483 e. The molecule has 0 N–H and O–H groups in total. The average Bonchev–Trinajstić information content (AvgIpc) is 2.92. The van der Waals surface area contributed by atoms with E-state index >= 15 is 0 Å². The molecule has 3 heterocycles. The predicted molar refractivity (Wildman–Crippen MR) is 102 cm³/mol. The van der Waals surface area contributed by atoms with Crippen LogP contribution in [0.4, 0.5) is 0 Å². The van der Waals surface area contributed by atoms with Gasteiger partial charge < -0.3 is 4.74 Å². The third kappa shape index (κ3) is 2.13. The monoisotopic (exact) mass is 361 g/mol. The van der Waals surface area contributed by atoms with Crippen molar-refractivity contribution >= 4 is 0 Å². The van der Waals surface area contributed by atoms with Crippen molar-refractivity contribution in [3.8, 4) is 11.4 Å². The first kappa shape index (κ1) is 15.9. The van der Waals surface area contributed by atoms with Gasteiger partial charge in [0.1, 0.15) is 17.4 Å². The topological polar surface area (TPSA) is 58.2 Å². The Kier molecular flexibility index (Phi) is 3.16. The van der Waals surface area contributed by atoms with Crippen LogP contribution < -0.4 is 16.1 Å². The second-order valence-corrected chi connectivity index (χ2v) is 7.37. The van der Waals surface area contributed by atoms with Gasteiger partial charge in [-0.2, -0.15) is 0 Å². The van der Waals surface area contributed by atoms with Gasteiger partial charge in [0.25, 0.3) is 0 Å². The van der Waals surface area contributed by atoms with Crippen LogP contribution in [0.1, 0.15) is 25.5 Å². The number of hydrogen-bond acceptors (Lipinski definition) is 3. The van der Waals surface area contributed by atoms with E-state index in [9.17, 15) is 9.59 Å². The first-order chi connectivity index (χ1) is 13.0. The van der Waals surface area contributed by atoms with Gasteiger partial charge >= 0.3 is 11.4 Å². The van der Waals surface area contributed by atoms with Crippen molar-refractivity contribution in [1.82, 2.24) is 13.9 Å². The summed E-state index contributed by atoms with van der Waals surface area (Å²) >= 11 is 0. The van der Waals surface area contributed by atoms with Crippen molar-refractivity contribution in [2.24, 2.45) is 0 Å². The normalized spacial score (nSPS) is 19.3. The molecule has 0 saturated carbocycles. The maximum Gasteiger partial charge on any atom is 0.352 e. The van der Waals surface area contributed by atoms with Gasteiger partial charge in [-0.25, -0.2) is 23.5 Å². The second-order valence-electron chi connectivity index (χ2n) is 7.37. The molecule has 2 aromatic carbocycles. The number of fused-ring (bicyclic) bond motifs is 5. The molecule has 0 saturated heterocycles. The second kappa shape index (κ2) is 5.36. The lowest BCUT2D eigenvalue weighted by molar-refractivity contribution is 0.113. The van der Waals surface area contributed by atoms with Gasteiger partial charge in [0.2, 0.25) is 0 Å². The quantitative estimate of drug-likeness (QED) is 0.626. The zero-order chi connectivity index (χ0) is 18.8. The molecule has 3 aromatic rings. The summed E-state index contributed by atoms with van der Waals surface area (Å²) in [4.78, 5) is 26.4. The van der Waals surface area contributed by atoms with Crippen molar-refractivity contribution in [1.29, 1.82) is 0 Å². The fourth-order valence-electron chi connectivity index (χ4n) is 4.14. The summed E-state index contributed by atoms with van der Waals surface area (Å²) in [5.74, 6) is 0.741. The van der Waals surface area contributed by atoms with Gasteiger partial charge in [0, 0.05) is 5.56 Å². The molecule has 5 rings (SSSR count). The molecule has 0 aliphatic carbocycles. The number of aromatic nitrogens is 3. The molecule has 0 amide bonds. The highest BCUT2D eigenvalue weighted by Gasteiger charge is 2.43. The number of ether oxygens (including phenoxy) is 1. The molecule has 2 aliphatic heterocycles. The molecule has 6 nitrogen and oxygen atoms in total. The molecule has 0 spiro atoms. The van der Waals surface area contributed by atoms with E-state index in [1.54, 1.807) is 16.8 Å². The van der Waals surface area contributed by atoms with Gasteiger partial charge in [-0.05, 0) is 37.6 Å². The smallest absolute Gasteiger partial charge is 0.352 e. The fourth-order valence-corrected chi connectivity index (χ4v) is 4.14. The van der Waals surface area contributed by atoms with E-state index in [1.807, 2.05) is 62.4 Å². The fraction of sp³-hybridized carbons (Fsp3) is 0.238. The minimum atomic E-state index is -0.561. The van der Waals surface area contributed by atoms with Crippen molar-refractivity contribution < 1.29 is 4.74 Å². The summed E-state index contributed by atoms with van der Waals surface area (Å²) in [6, 6.07) is 16.4. The van der Waals surface area contributed by atoms with Crippen molar-refractivity contribution in [2.45, 2.75) is 32.0 Å². The van der Waals surface area contributed by atoms with Gasteiger partial charge in [-0.3, -0.25) is 0 Å². The van der Waals surface area contributed by atoms with Crippen molar-refractivity contribution in [2.75, 3.05) is 0 Å². The van der Waals surface area contributed by atoms with Crippen LogP contribution in [0.15, 0.2) is 75.8 Å². The lowest BCUT2D eigenvalue weighted by atomic mass is 9.83. The molecule has 2 aliphatic rings. The highest BCUT2D eigenvalue weighted by molar-refractivity contribution is 5.48. The predicted octanol–water partition coefficient (Wildman–Crippen LogP) is 2.50. The van der Waals surface area contributed by atoms with Crippen LogP contribution in [-0.4, -0.2) is 19.5 Å². The molecule has 136 valence electrons.